The fourth-order valence-corrected chi connectivity index (χ4v) is 3.66. The molecule has 34 heavy (non-hydrogen) atoms. The Kier molecular flexibility index (Phi) is 5.43. The third-order valence-electron chi connectivity index (χ3n) is 5.24. The van der Waals surface area contributed by atoms with Gasteiger partial charge in [-0.25, -0.2) is 4.98 Å². The van der Waals surface area contributed by atoms with Crippen LogP contribution < -0.4 is 14.2 Å². The predicted molar refractivity (Wildman–Crippen MR) is 125 cm³/mol. The maximum absolute atomic E-state index is 9.31. The summed E-state index contributed by atoms with van der Waals surface area (Å²) in [6.45, 7) is 3.47. The lowest BCUT2D eigenvalue weighted by Gasteiger charge is -2.14. The fraction of sp³-hybridized carbons (Fsp3) is 0.208. The molecule has 0 saturated carbocycles. The smallest absolute Gasteiger partial charge is 0.327 e. The van der Waals surface area contributed by atoms with E-state index >= 15 is 0 Å². The van der Waals surface area contributed by atoms with Gasteiger partial charge in [-0.05, 0) is 31.2 Å². The van der Waals surface area contributed by atoms with Crippen molar-refractivity contribution in [2.24, 2.45) is 4.99 Å². The topological polar surface area (TPSA) is 122 Å². The highest BCUT2D eigenvalue weighted by Gasteiger charge is 2.18. The molecule has 1 N–H and O–H groups in total. The number of fused-ring (bicyclic) bond motifs is 1. The zero-order valence-corrected chi connectivity index (χ0v) is 18.9. The van der Waals surface area contributed by atoms with Gasteiger partial charge in [-0.1, -0.05) is 12.1 Å². The Labute approximate surface area is 195 Å². The lowest BCUT2D eigenvalue weighted by molar-refractivity contribution is 0.402. The standard InChI is InChI=1S/C24H21N7O3/c1-14-27-20-21(28-14)29-24(30-23(20)33-19-10-15(13-25)9-18(12-19)32-3)34-17-6-4-5-16(11-17)22-26-7-8-31(22)2/h4-6,9-12H,7-8H2,1-3H3,(H,27,28,29,30). The number of imidazole rings is 1. The van der Waals surface area contributed by atoms with Crippen molar-refractivity contribution >= 4 is 17.0 Å². The van der Waals surface area contributed by atoms with Crippen molar-refractivity contribution in [3.8, 4) is 35.2 Å². The second-order valence-corrected chi connectivity index (χ2v) is 7.70. The highest BCUT2D eigenvalue weighted by atomic mass is 16.5. The molecule has 0 unspecified atom stereocenters. The molecule has 0 saturated heterocycles. The molecule has 0 bridgehead atoms. The van der Waals surface area contributed by atoms with Crippen LogP contribution in [0.4, 0.5) is 0 Å². The monoisotopic (exact) mass is 455 g/mol. The van der Waals surface area contributed by atoms with Gasteiger partial charge in [0, 0.05) is 25.2 Å². The number of rotatable bonds is 6. The van der Waals surface area contributed by atoms with E-state index in [1.54, 1.807) is 18.2 Å². The first-order valence-electron chi connectivity index (χ1n) is 10.6. The van der Waals surface area contributed by atoms with Gasteiger partial charge in [0.15, 0.2) is 5.65 Å². The maximum Gasteiger partial charge on any atom is 0.327 e. The number of benzene rings is 2. The minimum atomic E-state index is 0.0799. The van der Waals surface area contributed by atoms with E-state index in [0.29, 0.717) is 39.8 Å². The average Bonchev–Trinajstić information content (AvgIpc) is 3.43. The summed E-state index contributed by atoms with van der Waals surface area (Å²) >= 11 is 0. The Morgan fingerprint density at radius 3 is 2.65 bits per heavy atom. The molecular weight excluding hydrogens is 434 g/mol. The molecule has 2 aromatic carbocycles. The Hall–Kier alpha value is -4.65. The number of likely N-dealkylation sites (N-methyl/N-ethyl adjacent to an activating group) is 1. The minimum Gasteiger partial charge on any atom is -0.497 e. The number of hydrogen-bond donors (Lipinski definition) is 1. The average molecular weight is 455 g/mol. The van der Waals surface area contributed by atoms with Gasteiger partial charge in [0.25, 0.3) is 5.88 Å². The van der Waals surface area contributed by atoms with Crippen molar-refractivity contribution in [3.63, 3.8) is 0 Å². The number of methoxy groups -OCH3 is 1. The van der Waals surface area contributed by atoms with Crippen LogP contribution in [-0.4, -0.2) is 57.9 Å². The van der Waals surface area contributed by atoms with Gasteiger partial charge in [0.2, 0.25) is 0 Å². The van der Waals surface area contributed by atoms with Crippen LogP contribution in [0, 0.1) is 18.3 Å². The summed E-state index contributed by atoms with van der Waals surface area (Å²) in [7, 11) is 3.53. The first-order chi connectivity index (χ1) is 16.5. The van der Waals surface area contributed by atoms with Gasteiger partial charge in [-0.3, -0.25) is 4.99 Å². The zero-order chi connectivity index (χ0) is 23.7. The number of aliphatic imine (C=N–C) groups is 1. The Bertz CT molecular complexity index is 1450. The summed E-state index contributed by atoms with van der Waals surface area (Å²) in [6, 6.07) is 14.7. The van der Waals surface area contributed by atoms with Gasteiger partial charge in [0.05, 0.1) is 25.3 Å². The molecule has 0 fully saturated rings. The zero-order valence-electron chi connectivity index (χ0n) is 18.9. The Morgan fingerprint density at radius 1 is 1.03 bits per heavy atom. The number of ether oxygens (including phenoxy) is 3. The van der Waals surface area contributed by atoms with Gasteiger partial charge in [-0.15, -0.1) is 0 Å². The van der Waals surface area contributed by atoms with E-state index in [1.165, 1.54) is 7.11 Å². The van der Waals surface area contributed by atoms with Crippen LogP contribution in [0.15, 0.2) is 47.5 Å². The lowest BCUT2D eigenvalue weighted by atomic mass is 10.2. The molecule has 1 aliphatic rings. The van der Waals surface area contributed by atoms with Crippen LogP contribution >= 0.6 is 0 Å². The van der Waals surface area contributed by atoms with Gasteiger partial charge >= 0.3 is 6.01 Å². The number of aromatic nitrogens is 4. The molecular formula is C24H21N7O3. The molecule has 0 spiro atoms. The van der Waals surface area contributed by atoms with E-state index < -0.39 is 0 Å². The summed E-state index contributed by atoms with van der Waals surface area (Å²) in [6.07, 6.45) is 0. The number of nitriles is 1. The molecule has 0 radical (unpaired) electrons. The highest BCUT2D eigenvalue weighted by molar-refractivity contribution is 5.99. The number of aromatic amines is 1. The summed E-state index contributed by atoms with van der Waals surface area (Å²) in [5.41, 5.74) is 2.26. The highest BCUT2D eigenvalue weighted by Crippen LogP contribution is 2.32. The molecule has 4 aromatic rings. The van der Waals surface area contributed by atoms with Crippen LogP contribution in [0.25, 0.3) is 11.2 Å². The first kappa shape index (κ1) is 21.2. The third-order valence-corrected chi connectivity index (χ3v) is 5.24. The third kappa shape index (κ3) is 4.19. The van der Waals surface area contributed by atoms with Crippen LogP contribution in [-0.2, 0) is 0 Å². The molecule has 2 aromatic heterocycles. The number of nitrogens with one attached hydrogen (secondary N) is 1. The maximum atomic E-state index is 9.31. The molecule has 0 atom stereocenters. The molecule has 10 heteroatoms. The van der Waals surface area contributed by atoms with E-state index in [2.05, 4.69) is 35.9 Å². The molecule has 170 valence electrons. The van der Waals surface area contributed by atoms with Crippen molar-refractivity contribution in [3.05, 3.63) is 59.4 Å². The van der Waals surface area contributed by atoms with Gasteiger partial charge in [-0.2, -0.15) is 15.2 Å². The summed E-state index contributed by atoms with van der Waals surface area (Å²) in [4.78, 5) is 23.1. The SMILES string of the molecule is COc1cc(C#N)cc(Oc2nc(Oc3cccc(C4=NCCN4C)c3)nc3nc(C)[nH]c23)c1. The van der Waals surface area contributed by atoms with Crippen molar-refractivity contribution in [2.45, 2.75) is 6.92 Å². The Morgan fingerprint density at radius 2 is 1.88 bits per heavy atom. The second-order valence-electron chi connectivity index (χ2n) is 7.70. The summed E-state index contributed by atoms with van der Waals surface area (Å²) < 4.78 is 17.3. The van der Waals surface area contributed by atoms with E-state index in [0.717, 1.165) is 24.5 Å². The van der Waals surface area contributed by atoms with Crippen molar-refractivity contribution in [2.75, 3.05) is 27.2 Å². The predicted octanol–water partition coefficient (Wildman–Crippen LogP) is 3.82. The van der Waals surface area contributed by atoms with Gasteiger partial charge in [0.1, 0.15) is 34.4 Å². The van der Waals surface area contributed by atoms with Crippen molar-refractivity contribution < 1.29 is 14.2 Å². The first-order valence-corrected chi connectivity index (χ1v) is 10.6. The molecule has 0 amide bonds. The van der Waals surface area contributed by atoms with Crippen molar-refractivity contribution in [1.82, 2.24) is 24.8 Å². The number of hydrogen-bond acceptors (Lipinski definition) is 9. The molecule has 1 aliphatic heterocycles. The van der Waals surface area contributed by atoms with Crippen LogP contribution in [0.2, 0.25) is 0 Å². The van der Waals surface area contributed by atoms with E-state index in [1.807, 2.05) is 38.2 Å². The minimum absolute atomic E-state index is 0.0799. The summed E-state index contributed by atoms with van der Waals surface area (Å²) in [5.74, 6) is 3.23. The molecule has 0 aliphatic carbocycles. The quantitative estimate of drug-likeness (QED) is 0.466. The van der Waals surface area contributed by atoms with E-state index in [-0.39, 0.29) is 11.9 Å². The molecule has 10 nitrogen and oxygen atoms in total. The van der Waals surface area contributed by atoms with E-state index in [4.69, 9.17) is 14.2 Å². The lowest BCUT2D eigenvalue weighted by Crippen LogP contribution is -2.23. The largest absolute Gasteiger partial charge is 0.497 e. The van der Waals surface area contributed by atoms with Crippen LogP contribution in [0.1, 0.15) is 17.0 Å². The van der Waals surface area contributed by atoms with E-state index in [9.17, 15) is 5.26 Å². The molecule has 3 heterocycles. The molecule has 5 rings (SSSR count). The normalized spacial score (nSPS) is 13.0. The van der Waals surface area contributed by atoms with Crippen LogP contribution in [0.3, 0.4) is 0 Å². The second kappa shape index (κ2) is 8.71. The fourth-order valence-electron chi connectivity index (χ4n) is 3.66. The van der Waals surface area contributed by atoms with Gasteiger partial charge < -0.3 is 24.1 Å². The Balaban J connectivity index is 1.50. The number of H-pyrrole nitrogens is 1. The number of amidine groups is 1. The number of aryl methyl sites for hydroxylation is 1. The number of nitrogens with zero attached hydrogens (tertiary/aromatic N) is 6. The van der Waals surface area contributed by atoms with Crippen molar-refractivity contribution in [1.29, 1.82) is 5.26 Å². The van der Waals surface area contributed by atoms with Crippen LogP contribution in [0.5, 0.6) is 29.1 Å². The summed E-state index contributed by atoms with van der Waals surface area (Å²) in [5, 5.41) is 9.31.